The van der Waals surface area contributed by atoms with E-state index in [-0.39, 0.29) is 18.1 Å². The van der Waals surface area contributed by atoms with Crippen molar-refractivity contribution in [2.24, 2.45) is 63.9 Å². The molecule has 0 aromatic rings. The summed E-state index contributed by atoms with van der Waals surface area (Å²) in [5, 5.41) is 22.4. The van der Waals surface area contributed by atoms with Gasteiger partial charge in [0.15, 0.2) is 18.4 Å². The van der Waals surface area contributed by atoms with Gasteiger partial charge in [-0.1, -0.05) is 41.0 Å². The van der Waals surface area contributed by atoms with Crippen molar-refractivity contribution < 1.29 is 24.5 Å². The molecule has 5 fully saturated rings. The van der Waals surface area contributed by atoms with E-state index in [0.29, 0.717) is 73.0 Å². The van der Waals surface area contributed by atoms with Crippen LogP contribution in [0.4, 0.5) is 0 Å². The van der Waals surface area contributed by atoms with Crippen LogP contribution in [0.15, 0.2) is 0 Å². The maximum absolute atomic E-state index is 11.5. The maximum atomic E-state index is 11.5. The monoisotopic (exact) mass is 561 g/mol. The number of hydrogen-bond acceptors (Lipinski definition) is 5. The highest BCUT2D eigenvalue weighted by atomic mass is 16.8. The molecule has 6 heteroatoms. The highest BCUT2D eigenvalue weighted by Gasteiger charge is 2.63. The molecule has 0 heterocycles. The Balaban J connectivity index is 1.21. The fourth-order valence-corrected chi connectivity index (χ4v) is 11.1. The molecule has 40 heavy (non-hydrogen) atoms. The molecule has 10 atom stereocenters. The van der Waals surface area contributed by atoms with Gasteiger partial charge in [-0.2, -0.15) is 0 Å². The minimum atomic E-state index is -1.16. The van der Waals surface area contributed by atoms with Crippen LogP contribution >= 0.6 is 0 Å². The van der Waals surface area contributed by atoms with Crippen LogP contribution in [0, 0.1) is 58.2 Å². The van der Waals surface area contributed by atoms with Gasteiger partial charge in [-0.05, 0) is 116 Å². The Hall–Kier alpha value is -0.690. The summed E-state index contributed by atoms with van der Waals surface area (Å²) >= 11 is 0. The zero-order valence-electron chi connectivity index (χ0n) is 26.1. The van der Waals surface area contributed by atoms with Crippen LogP contribution in [-0.4, -0.2) is 34.5 Å². The first kappa shape index (κ1) is 30.8. The van der Waals surface area contributed by atoms with Crippen LogP contribution in [0.25, 0.3) is 0 Å². The molecule has 4 N–H and O–H groups in total. The molecule has 8 unspecified atom stereocenters. The van der Waals surface area contributed by atoms with Crippen LogP contribution in [-0.2, 0) is 14.3 Å². The van der Waals surface area contributed by atoms with Gasteiger partial charge >= 0.3 is 0 Å². The average Bonchev–Trinajstić information content (AvgIpc) is 3.27. The number of rotatable bonds is 9. The van der Waals surface area contributed by atoms with E-state index < -0.39 is 11.6 Å². The molecular formula is C34H59NO5. The predicted octanol–water partition coefficient (Wildman–Crippen LogP) is 6.76. The molecule has 1 amide bonds. The Labute approximate surface area is 243 Å². The largest absolute Gasteiger partial charge is 0.370 e. The Morgan fingerprint density at radius 3 is 2.33 bits per heavy atom. The van der Waals surface area contributed by atoms with E-state index in [1.165, 1.54) is 25.7 Å². The molecule has 0 aromatic heterocycles. The summed E-state index contributed by atoms with van der Waals surface area (Å²) in [5.41, 5.74) is 6.09. The van der Waals surface area contributed by atoms with Crippen LogP contribution in [0.5, 0.6) is 0 Å². The normalized spacial score (nSPS) is 49.5. The fraction of sp³-hybridized carbons (Fsp3) is 0.971. The summed E-state index contributed by atoms with van der Waals surface area (Å²) in [7, 11) is 0. The van der Waals surface area contributed by atoms with Crippen LogP contribution in [0.1, 0.15) is 131 Å². The second kappa shape index (κ2) is 11.4. The lowest BCUT2D eigenvalue weighted by Gasteiger charge is -2.63. The lowest BCUT2D eigenvalue weighted by atomic mass is 9.42. The molecule has 0 aliphatic heterocycles. The Kier molecular flexibility index (Phi) is 8.79. The first-order valence-electron chi connectivity index (χ1n) is 16.8. The lowest BCUT2D eigenvalue weighted by Crippen LogP contribution is -2.58. The lowest BCUT2D eigenvalue weighted by molar-refractivity contribution is -0.332. The first-order valence-corrected chi connectivity index (χ1v) is 16.8. The van der Waals surface area contributed by atoms with Crippen molar-refractivity contribution in [1.29, 1.82) is 0 Å². The van der Waals surface area contributed by atoms with Gasteiger partial charge in [-0.15, -0.1) is 0 Å². The smallest absolute Gasteiger partial charge is 0.217 e. The van der Waals surface area contributed by atoms with Gasteiger partial charge in [0.25, 0.3) is 0 Å². The molecule has 0 bridgehead atoms. The fourth-order valence-electron chi connectivity index (χ4n) is 11.1. The Morgan fingerprint density at radius 2 is 1.65 bits per heavy atom. The summed E-state index contributed by atoms with van der Waals surface area (Å²) in [6, 6.07) is 0. The highest BCUT2D eigenvalue weighted by Crippen LogP contribution is 2.70. The van der Waals surface area contributed by atoms with E-state index in [2.05, 4.69) is 34.6 Å². The minimum Gasteiger partial charge on any atom is -0.370 e. The number of carbonyl (C=O) groups excluding carboxylic acids is 1. The van der Waals surface area contributed by atoms with Gasteiger partial charge in [0.1, 0.15) is 0 Å². The summed E-state index contributed by atoms with van der Waals surface area (Å²) in [6.07, 6.45) is 14.5. The zero-order chi connectivity index (χ0) is 28.9. The van der Waals surface area contributed by atoms with E-state index in [9.17, 15) is 15.0 Å². The van der Waals surface area contributed by atoms with Crippen molar-refractivity contribution in [1.82, 2.24) is 0 Å². The van der Waals surface area contributed by atoms with Crippen LogP contribution in [0.2, 0.25) is 0 Å². The predicted molar refractivity (Wildman–Crippen MR) is 157 cm³/mol. The molecule has 5 saturated carbocycles. The van der Waals surface area contributed by atoms with Crippen LogP contribution < -0.4 is 5.73 Å². The third kappa shape index (κ3) is 5.53. The molecule has 5 aliphatic carbocycles. The van der Waals surface area contributed by atoms with Crippen molar-refractivity contribution in [3.8, 4) is 0 Å². The summed E-state index contributed by atoms with van der Waals surface area (Å²) in [6.45, 7) is 12.2. The molecule has 5 aliphatic rings. The van der Waals surface area contributed by atoms with E-state index >= 15 is 0 Å². The van der Waals surface area contributed by atoms with E-state index in [1.54, 1.807) is 0 Å². The average molecular weight is 562 g/mol. The number of amides is 1. The SMILES string of the molecule is CCC1CCC(O)(OCOC2(O)CC[C@]3(C)C4CC(C)C5(C)C(C(C)CCC(N)=O)CCC5C4CC[C@@H]3C2)CC1. The Morgan fingerprint density at radius 1 is 0.950 bits per heavy atom. The number of ether oxygens (including phenoxy) is 2. The van der Waals surface area contributed by atoms with E-state index in [1.807, 2.05) is 0 Å². The van der Waals surface area contributed by atoms with Gasteiger partial charge in [-0.3, -0.25) is 4.79 Å². The third-order valence-electron chi connectivity index (χ3n) is 14.0. The van der Waals surface area contributed by atoms with Gasteiger partial charge in [-0.25, -0.2) is 0 Å². The Bertz CT molecular complexity index is 903. The number of primary amides is 1. The molecule has 6 nitrogen and oxygen atoms in total. The number of aliphatic hydroxyl groups is 2. The first-order chi connectivity index (χ1) is 18.8. The molecule has 0 spiro atoms. The topological polar surface area (TPSA) is 102 Å². The maximum Gasteiger partial charge on any atom is 0.217 e. The highest BCUT2D eigenvalue weighted by molar-refractivity contribution is 5.73. The summed E-state index contributed by atoms with van der Waals surface area (Å²) in [5.74, 6) is 2.81. The van der Waals surface area contributed by atoms with Crippen molar-refractivity contribution >= 4 is 5.91 Å². The van der Waals surface area contributed by atoms with Gasteiger partial charge in [0.2, 0.25) is 5.91 Å². The second-order valence-corrected chi connectivity index (χ2v) is 15.7. The third-order valence-corrected chi connectivity index (χ3v) is 14.0. The summed E-state index contributed by atoms with van der Waals surface area (Å²) in [4.78, 5) is 11.5. The van der Waals surface area contributed by atoms with Crippen molar-refractivity contribution in [2.75, 3.05) is 6.79 Å². The van der Waals surface area contributed by atoms with Gasteiger partial charge in [0.05, 0.1) is 0 Å². The zero-order valence-corrected chi connectivity index (χ0v) is 26.1. The number of carbonyl (C=O) groups is 1. The molecule has 0 saturated heterocycles. The molecule has 0 aromatic carbocycles. The van der Waals surface area contributed by atoms with Gasteiger partial charge in [0, 0.05) is 32.1 Å². The van der Waals surface area contributed by atoms with Crippen molar-refractivity contribution in [3.05, 3.63) is 0 Å². The van der Waals surface area contributed by atoms with E-state index in [4.69, 9.17) is 15.2 Å². The van der Waals surface area contributed by atoms with Crippen LogP contribution in [0.3, 0.4) is 0 Å². The molecule has 5 rings (SSSR count). The minimum absolute atomic E-state index is 0.0356. The standard InChI is InChI=1S/C34H59NO5/c1-6-24-13-15-33(37,16-14-24)39-21-40-34(38)18-17-31(4)25(20-34)8-9-26-28-11-10-27(22(2)7-12-30(35)36)32(28,5)23(3)19-29(26)31/h22-29,37-38H,6-21H2,1-5H3,(H2,35,36)/t22?,23?,24?,25-,26?,27?,28?,29?,31+,32?,33?,34?/m1/s1. The number of hydrogen-bond donors (Lipinski definition) is 3. The number of fused-ring (bicyclic) bond motifs is 5. The molecule has 230 valence electrons. The quantitative estimate of drug-likeness (QED) is 0.270. The molecule has 0 radical (unpaired) electrons. The van der Waals surface area contributed by atoms with Crippen molar-refractivity contribution in [2.45, 2.75) is 143 Å². The molecular weight excluding hydrogens is 502 g/mol. The second-order valence-electron chi connectivity index (χ2n) is 15.7. The summed E-state index contributed by atoms with van der Waals surface area (Å²) < 4.78 is 11.9. The van der Waals surface area contributed by atoms with Gasteiger partial charge < -0.3 is 25.4 Å². The van der Waals surface area contributed by atoms with E-state index in [0.717, 1.165) is 50.4 Å². The van der Waals surface area contributed by atoms with Crippen molar-refractivity contribution in [3.63, 3.8) is 0 Å². The number of nitrogens with two attached hydrogens (primary N) is 1.